The Labute approximate surface area is 207 Å². The van der Waals surface area contributed by atoms with Crippen LogP contribution in [0.25, 0.3) is 0 Å². The number of allylic oxidation sites excluding steroid dienone is 2. The molecule has 4 aromatic rings. The SMILES string of the molecule is O=C1CCCC2=C1[C@@H](c1cccc(Oc3ccccc3)c1)n1nc(SCc3ccccn3)nc1N2. The normalized spacial score (nSPS) is 16.9. The van der Waals surface area contributed by atoms with Crippen LogP contribution in [0.2, 0.25) is 0 Å². The van der Waals surface area contributed by atoms with Gasteiger partial charge >= 0.3 is 0 Å². The number of Topliss-reactive ketones (excluding diaryl/α,β-unsaturated/α-hetero) is 1. The van der Waals surface area contributed by atoms with Gasteiger partial charge in [-0.25, -0.2) is 4.68 Å². The number of hydrogen-bond donors (Lipinski definition) is 1. The third kappa shape index (κ3) is 4.44. The van der Waals surface area contributed by atoms with E-state index in [9.17, 15) is 4.79 Å². The number of ketones is 1. The van der Waals surface area contributed by atoms with Gasteiger partial charge in [-0.15, -0.1) is 5.10 Å². The molecule has 7 nitrogen and oxygen atoms in total. The molecular formula is C27H23N5O2S. The summed E-state index contributed by atoms with van der Waals surface area (Å²) < 4.78 is 7.92. The van der Waals surface area contributed by atoms with Crippen LogP contribution in [0.5, 0.6) is 11.5 Å². The highest BCUT2D eigenvalue weighted by Crippen LogP contribution is 2.41. The molecule has 8 heteroatoms. The molecule has 0 spiro atoms. The highest BCUT2D eigenvalue weighted by atomic mass is 32.2. The van der Waals surface area contributed by atoms with Crippen LogP contribution in [0.1, 0.15) is 36.6 Å². The molecule has 6 rings (SSSR count). The van der Waals surface area contributed by atoms with Gasteiger partial charge in [-0.3, -0.25) is 9.78 Å². The molecule has 35 heavy (non-hydrogen) atoms. The van der Waals surface area contributed by atoms with Crippen LogP contribution in [0.4, 0.5) is 5.95 Å². The lowest BCUT2D eigenvalue weighted by molar-refractivity contribution is -0.116. The van der Waals surface area contributed by atoms with Crippen molar-refractivity contribution in [3.8, 4) is 11.5 Å². The Morgan fingerprint density at radius 2 is 1.86 bits per heavy atom. The molecule has 1 N–H and O–H groups in total. The van der Waals surface area contributed by atoms with Crippen LogP contribution < -0.4 is 10.1 Å². The van der Waals surface area contributed by atoms with Crippen molar-refractivity contribution in [1.82, 2.24) is 19.7 Å². The number of rotatable bonds is 6. The fraction of sp³-hybridized carbons (Fsp3) is 0.185. The third-order valence-corrected chi connectivity index (χ3v) is 6.95. The number of nitrogens with one attached hydrogen (secondary N) is 1. The van der Waals surface area contributed by atoms with Gasteiger partial charge in [0.25, 0.3) is 0 Å². The van der Waals surface area contributed by atoms with Crippen molar-refractivity contribution in [3.63, 3.8) is 0 Å². The topological polar surface area (TPSA) is 81.9 Å². The Kier molecular flexibility index (Phi) is 5.79. The molecule has 0 fully saturated rings. The van der Waals surface area contributed by atoms with Crippen molar-refractivity contribution in [3.05, 3.63) is 102 Å². The Balaban J connectivity index is 1.36. The molecular weight excluding hydrogens is 458 g/mol. The molecule has 0 saturated heterocycles. The van der Waals surface area contributed by atoms with Crippen LogP contribution in [0, 0.1) is 0 Å². The van der Waals surface area contributed by atoms with E-state index in [4.69, 9.17) is 14.8 Å². The van der Waals surface area contributed by atoms with E-state index in [1.165, 1.54) is 11.8 Å². The number of carbonyl (C=O) groups is 1. The predicted octanol–water partition coefficient (Wildman–Crippen LogP) is 5.78. The molecule has 2 aliphatic rings. The van der Waals surface area contributed by atoms with Gasteiger partial charge in [0.1, 0.15) is 17.5 Å². The fourth-order valence-corrected chi connectivity index (χ4v) is 5.25. The van der Waals surface area contributed by atoms with E-state index < -0.39 is 0 Å². The highest BCUT2D eigenvalue weighted by molar-refractivity contribution is 7.98. The number of pyridine rings is 1. The number of fused-ring (bicyclic) bond motifs is 1. The largest absolute Gasteiger partial charge is 0.457 e. The van der Waals surface area contributed by atoms with Crippen LogP contribution in [0.3, 0.4) is 0 Å². The summed E-state index contributed by atoms with van der Waals surface area (Å²) in [6.45, 7) is 0. The molecule has 0 radical (unpaired) electrons. The van der Waals surface area contributed by atoms with Gasteiger partial charge in [0.05, 0.1) is 5.69 Å². The molecule has 0 bridgehead atoms. The van der Waals surface area contributed by atoms with Crippen LogP contribution in [-0.4, -0.2) is 25.5 Å². The summed E-state index contributed by atoms with van der Waals surface area (Å²) in [7, 11) is 0. The van der Waals surface area contributed by atoms with E-state index in [1.807, 2.05) is 77.5 Å². The average Bonchev–Trinajstić information content (AvgIpc) is 3.30. The maximum Gasteiger partial charge on any atom is 0.227 e. The number of carbonyl (C=O) groups excluding carboxylic acids is 1. The highest BCUT2D eigenvalue weighted by Gasteiger charge is 2.37. The van der Waals surface area contributed by atoms with Crippen molar-refractivity contribution in [2.24, 2.45) is 0 Å². The smallest absolute Gasteiger partial charge is 0.227 e. The zero-order valence-corrected chi connectivity index (χ0v) is 19.7. The zero-order chi connectivity index (χ0) is 23.6. The molecule has 0 amide bonds. The van der Waals surface area contributed by atoms with Gasteiger partial charge in [0.15, 0.2) is 5.78 Å². The summed E-state index contributed by atoms with van der Waals surface area (Å²) in [5, 5.41) is 8.85. The van der Waals surface area contributed by atoms with Crippen LogP contribution in [-0.2, 0) is 10.5 Å². The Morgan fingerprint density at radius 1 is 1.00 bits per heavy atom. The minimum Gasteiger partial charge on any atom is -0.457 e. The van der Waals surface area contributed by atoms with E-state index in [-0.39, 0.29) is 11.8 Å². The second-order valence-electron chi connectivity index (χ2n) is 8.46. The van der Waals surface area contributed by atoms with E-state index >= 15 is 0 Å². The summed E-state index contributed by atoms with van der Waals surface area (Å²) in [6, 6.07) is 23.1. The summed E-state index contributed by atoms with van der Waals surface area (Å²) in [5.41, 5.74) is 3.62. The van der Waals surface area contributed by atoms with E-state index in [0.717, 1.165) is 41.1 Å². The lowest BCUT2D eigenvalue weighted by atomic mass is 9.85. The van der Waals surface area contributed by atoms with Gasteiger partial charge in [0.2, 0.25) is 11.1 Å². The van der Waals surface area contributed by atoms with Gasteiger partial charge in [-0.2, -0.15) is 4.98 Å². The molecule has 1 aliphatic carbocycles. The summed E-state index contributed by atoms with van der Waals surface area (Å²) in [4.78, 5) is 22.2. The Bertz CT molecular complexity index is 1400. The van der Waals surface area contributed by atoms with E-state index in [0.29, 0.717) is 29.0 Å². The second kappa shape index (κ2) is 9.38. The standard InChI is InChI=1S/C27H23N5O2S/c33-23-14-7-13-22-24(23)25(18-8-6-12-21(16-18)34-20-10-2-1-3-11-20)32-26(29-22)30-27(31-32)35-17-19-9-4-5-15-28-19/h1-6,8-12,15-16,25H,7,13-14,17H2,(H,29,30,31)/t25-/m1/s1. The van der Waals surface area contributed by atoms with Gasteiger partial charge < -0.3 is 10.1 Å². The first-order valence-electron chi connectivity index (χ1n) is 11.6. The number of hydrogen-bond acceptors (Lipinski definition) is 7. The number of anilines is 1. The summed E-state index contributed by atoms with van der Waals surface area (Å²) in [5.74, 6) is 2.95. The number of aromatic nitrogens is 4. The molecule has 3 heterocycles. The van der Waals surface area contributed by atoms with E-state index in [1.54, 1.807) is 6.20 Å². The molecule has 1 aliphatic heterocycles. The number of thioether (sulfide) groups is 1. The molecule has 0 saturated carbocycles. The predicted molar refractivity (Wildman–Crippen MR) is 134 cm³/mol. The number of ether oxygens (including phenoxy) is 1. The monoisotopic (exact) mass is 481 g/mol. The second-order valence-corrected chi connectivity index (χ2v) is 9.40. The lowest BCUT2D eigenvalue weighted by Crippen LogP contribution is -2.31. The Morgan fingerprint density at radius 3 is 2.71 bits per heavy atom. The minimum atomic E-state index is -0.356. The van der Waals surface area contributed by atoms with Crippen LogP contribution >= 0.6 is 11.8 Å². The van der Waals surface area contributed by atoms with Gasteiger partial charge in [-0.1, -0.05) is 48.2 Å². The summed E-state index contributed by atoms with van der Waals surface area (Å²) in [6.07, 6.45) is 3.99. The quantitative estimate of drug-likeness (QED) is 0.350. The van der Waals surface area contributed by atoms with Crippen molar-refractivity contribution in [2.75, 3.05) is 5.32 Å². The summed E-state index contributed by atoms with van der Waals surface area (Å²) >= 11 is 1.53. The van der Waals surface area contributed by atoms with Crippen molar-refractivity contribution >= 4 is 23.5 Å². The molecule has 174 valence electrons. The molecule has 0 unspecified atom stereocenters. The lowest BCUT2D eigenvalue weighted by Gasteiger charge is -2.32. The van der Waals surface area contributed by atoms with Crippen molar-refractivity contribution in [2.45, 2.75) is 36.2 Å². The number of benzene rings is 2. The molecule has 2 aromatic heterocycles. The first kappa shape index (κ1) is 21.6. The zero-order valence-electron chi connectivity index (χ0n) is 18.9. The maximum absolute atomic E-state index is 13.1. The fourth-order valence-electron chi connectivity index (χ4n) is 4.50. The third-order valence-electron chi connectivity index (χ3n) is 6.08. The van der Waals surface area contributed by atoms with Crippen molar-refractivity contribution < 1.29 is 9.53 Å². The maximum atomic E-state index is 13.1. The first-order chi connectivity index (χ1) is 17.2. The van der Waals surface area contributed by atoms with E-state index in [2.05, 4.69) is 10.3 Å². The average molecular weight is 482 g/mol. The first-order valence-corrected chi connectivity index (χ1v) is 12.6. The van der Waals surface area contributed by atoms with Crippen molar-refractivity contribution in [1.29, 1.82) is 0 Å². The molecule has 1 atom stereocenters. The number of nitrogens with zero attached hydrogens (tertiary/aromatic N) is 4. The molecule has 2 aromatic carbocycles. The van der Waals surface area contributed by atoms with Crippen LogP contribution in [0.15, 0.2) is 95.4 Å². The van der Waals surface area contributed by atoms with Gasteiger partial charge in [-0.05, 0) is 54.8 Å². The van der Waals surface area contributed by atoms with Gasteiger partial charge in [0, 0.05) is 29.6 Å². The Hall–Kier alpha value is -3.91. The number of para-hydroxylation sites is 1. The minimum absolute atomic E-state index is 0.155.